The Morgan fingerprint density at radius 1 is 1.33 bits per heavy atom. The molecule has 1 saturated heterocycles. The maximum atomic E-state index is 13.4. The van der Waals surface area contributed by atoms with Gasteiger partial charge in [0.2, 0.25) is 0 Å². The summed E-state index contributed by atoms with van der Waals surface area (Å²) in [5, 5.41) is 22.6. The molecule has 6 heteroatoms. The molecule has 5 fully saturated rings. The molecule has 0 amide bonds. The maximum Gasteiger partial charge on any atom is 0.173 e. The minimum Gasteiger partial charge on any atom is -0.392 e. The number of aliphatic hydroxyl groups excluding tert-OH is 2. The van der Waals surface area contributed by atoms with Gasteiger partial charge < -0.3 is 24.5 Å². The van der Waals surface area contributed by atoms with Gasteiger partial charge in [-0.05, 0) is 30.8 Å². The van der Waals surface area contributed by atoms with E-state index in [2.05, 4.69) is 6.58 Å². The molecule has 0 aromatic heterocycles. The summed E-state index contributed by atoms with van der Waals surface area (Å²) in [6.45, 7) is 6.31. The molecule has 27 heavy (non-hydrogen) atoms. The van der Waals surface area contributed by atoms with E-state index < -0.39 is 46.1 Å². The standard InChI is InChI=1S/C21H28O6/c1-11-12-8-20(26-3)17-19(10-27-20)6-4-5-18(2,9-22)13(19)7-14(23)21(17,15(11)24)16(12)25/h9,12-14,16-17,23,25H,1,4-8,10H2,2-3H3. The van der Waals surface area contributed by atoms with Crippen molar-refractivity contribution in [1.82, 2.24) is 0 Å². The molecule has 5 rings (SSSR count). The van der Waals surface area contributed by atoms with Gasteiger partial charge in [0.25, 0.3) is 0 Å². The highest BCUT2D eigenvalue weighted by Gasteiger charge is 2.83. The van der Waals surface area contributed by atoms with E-state index in [9.17, 15) is 19.8 Å². The number of carbonyl (C=O) groups excluding carboxylic acids is 2. The van der Waals surface area contributed by atoms with Crippen LogP contribution < -0.4 is 0 Å². The van der Waals surface area contributed by atoms with Gasteiger partial charge >= 0.3 is 0 Å². The lowest BCUT2D eigenvalue weighted by Gasteiger charge is -2.64. The van der Waals surface area contributed by atoms with Gasteiger partial charge in [0, 0.05) is 36.2 Å². The Kier molecular flexibility index (Phi) is 3.39. The van der Waals surface area contributed by atoms with Gasteiger partial charge in [-0.15, -0.1) is 0 Å². The van der Waals surface area contributed by atoms with Crippen LogP contribution in [-0.2, 0) is 19.1 Å². The smallest absolute Gasteiger partial charge is 0.173 e. The van der Waals surface area contributed by atoms with Crippen LogP contribution in [0.4, 0.5) is 0 Å². The normalized spacial score (nSPS) is 58.7. The summed E-state index contributed by atoms with van der Waals surface area (Å²) in [5.74, 6) is -2.31. The number of hydrogen-bond acceptors (Lipinski definition) is 6. The average molecular weight is 376 g/mol. The van der Waals surface area contributed by atoms with Crippen LogP contribution in [0.5, 0.6) is 0 Å². The SMILES string of the molecule is C=C1C(=O)C23C(O)CC4C(C)(C=O)CCCC45COC(OC)(CC1C2O)C53. The molecule has 2 bridgehead atoms. The number of methoxy groups -OCH3 is 1. The van der Waals surface area contributed by atoms with Crippen LogP contribution in [0.2, 0.25) is 0 Å². The van der Waals surface area contributed by atoms with Crippen molar-refractivity contribution in [3.63, 3.8) is 0 Å². The number of ether oxygens (including phenoxy) is 2. The fourth-order valence-corrected chi connectivity index (χ4v) is 8.01. The highest BCUT2D eigenvalue weighted by atomic mass is 16.7. The van der Waals surface area contributed by atoms with Crippen LogP contribution in [0.3, 0.4) is 0 Å². The first-order chi connectivity index (χ1) is 12.7. The number of fused-ring (bicyclic) bond motifs is 1. The van der Waals surface area contributed by atoms with Gasteiger partial charge in [-0.1, -0.05) is 19.9 Å². The molecule has 6 nitrogen and oxygen atoms in total. The van der Waals surface area contributed by atoms with Crippen LogP contribution in [-0.4, -0.2) is 54.0 Å². The van der Waals surface area contributed by atoms with E-state index in [-0.39, 0.29) is 11.7 Å². The molecule has 2 N–H and O–H groups in total. The van der Waals surface area contributed by atoms with Crippen LogP contribution in [0.1, 0.15) is 39.0 Å². The summed E-state index contributed by atoms with van der Waals surface area (Å²) in [5.41, 5.74) is -2.01. The summed E-state index contributed by atoms with van der Waals surface area (Å²) in [6, 6.07) is 0. The second-order valence-electron chi connectivity index (χ2n) is 9.79. The first kappa shape index (κ1) is 18.0. The summed E-state index contributed by atoms with van der Waals surface area (Å²) in [6.07, 6.45) is 2.10. The van der Waals surface area contributed by atoms with Crippen LogP contribution in [0.15, 0.2) is 12.2 Å². The third kappa shape index (κ3) is 1.66. The van der Waals surface area contributed by atoms with Crippen LogP contribution in [0, 0.1) is 34.0 Å². The van der Waals surface area contributed by atoms with Crippen molar-refractivity contribution >= 4 is 12.1 Å². The zero-order valence-electron chi connectivity index (χ0n) is 15.9. The lowest BCUT2D eigenvalue weighted by atomic mass is 9.39. The zero-order chi connectivity index (χ0) is 19.4. The molecule has 0 aromatic carbocycles. The van der Waals surface area contributed by atoms with Crippen molar-refractivity contribution in [3.8, 4) is 0 Å². The number of carbonyl (C=O) groups is 2. The summed E-state index contributed by atoms with van der Waals surface area (Å²) < 4.78 is 12.2. The highest BCUT2D eigenvalue weighted by molar-refractivity contribution is 6.04. The Bertz CT molecular complexity index is 749. The maximum absolute atomic E-state index is 13.4. The van der Waals surface area contributed by atoms with Crippen molar-refractivity contribution in [1.29, 1.82) is 0 Å². The van der Waals surface area contributed by atoms with Gasteiger partial charge in [0.15, 0.2) is 11.6 Å². The fraction of sp³-hybridized carbons (Fsp3) is 0.810. The number of ketones is 1. The van der Waals surface area contributed by atoms with E-state index in [1.54, 1.807) is 7.11 Å². The van der Waals surface area contributed by atoms with Crippen molar-refractivity contribution < 1.29 is 29.3 Å². The number of Topliss-reactive ketones (excluding diaryl/α,β-unsaturated/α-hetero) is 1. The average Bonchev–Trinajstić information content (AvgIpc) is 3.04. The summed E-state index contributed by atoms with van der Waals surface area (Å²) in [4.78, 5) is 25.5. The van der Waals surface area contributed by atoms with Gasteiger partial charge in [0.1, 0.15) is 6.29 Å². The monoisotopic (exact) mass is 376 g/mol. The van der Waals surface area contributed by atoms with Gasteiger partial charge in [0.05, 0.1) is 24.2 Å². The van der Waals surface area contributed by atoms with E-state index >= 15 is 0 Å². The Balaban J connectivity index is 1.78. The molecule has 148 valence electrons. The molecule has 0 radical (unpaired) electrons. The Morgan fingerprint density at radius 3 is 2.74 bits per heavy atom. The van der Waals surface area contributed by atoms with Gasteiger partial charge in [-0.25, -0.2) is 0 Å². The molecule has 1 heterocycles. The molecule has 5 aliphatic rings. The Morgan fingerprint density at radius 2 is 2.07 bits per heavy atom. The number of hydrogen-bond donors (Lipinski definition) is 2. The van der Waals surface area contributed by atoms with Crippen molar-refractivity contribution in [2.45, 2.75) is 57.0 Å². The predicted molar refractivity (Wildman–Crippen MR) is 94.4 cm³/mol. The Labute approximate surface area is 158 Å². The molecule has 1 aliphatic heterocycles. The van der Waals surface area contributed by atoms with Gasteiger partial charge in [-0.3, -0.25) is 4.79 Å². The van der Waals surface area contributed by atoms with Crippen molar-refractivity contribution in [2.24, 2.45) is 34.0 Å². The fourth-order valence-electron chi connectivity index (χ4n) is 8.01. The minimum atomic E-state index is -1.34. The molecule has 9 atom stereocenters. The van der Waals surface area contributed by atoms with E-state index in [0.29, 0.717) is 25.0 Å². The third-order valence-corrected chi connectivity index (χ3v) is 9.06. The topological polar surface area (TPSA) is 93.1 Å². The summed E-state index contributed by atoms with van der Waals surface area (Å²) >= 11 is 0. The minimum absolute atomic E-state index is 0.107. The number of aliphatic hydroxyl groups is 2. The largest absolute Gasteiger partial charge is 0.392 e. The molecule has 0 aromatic rings. The molecule has 4 saturated carbocycles. The molecular formula is C21H28O6. The quantitative estimate of drug-likeness (QED) is 0.556. The molecular weight excluding hydrogens is 348 g/mol. The van der Waals surface area contributed by atoms with Crippen LogP contribution in [0.25, 0.3) is 0 Å². The number of aldehydes is 1. The van der Waals surface area contributed by atoms with E-state index in [1.807, 2.05) is 6.92 Å². The first-order valence-electron chi connectivity index (χ1n) is 9.99. The van der Waals surface area contributed by atoms with Gasteiger partial charge in [-0.2, -0.15) is 0 Å². The molecule has 4 aliphatic carbocycles. The molecule has 2 spiro atoms. The van der Waals surface area contributed by atoms with Crippen molar-refractivity contribution in [3.05, 3.63) is 12.2 Å². The third-order valence-electron chi connectivity index (χ3n) is 9.06. The van der Waals surface area contributed by atoms with E-state index in [4.69, 9.17) is 9.47 Å². The van der Waals surface area contributed by atoms with Crippen molar-refractivity contribution in [2.75, 3.05) is 13.7 Å². The van der Waals surface area contributed by atoms with Crippen LogP contribution >= 0.6 is 0 Å². The second kappa shape index (κ2) is 5.09. The molecule has 9 unspecified atom stereocenters. The predicted octanol–water partition coefficient (Wildman–Crippen LogP) is 1.24. The number of rotatable bonds is 2. The zero-order valence-corrected chi connectivity index (χ0v) is 15.9. The van der Waals surface area contributed by atoms with E-state index in [0.717, 1.165) is 25.5 Å². The first-order valence-corrected chi connectivity index (χ1v) is 9.99. The van der Waals surface area contributed by atoms with E-state index in [1.165, 1.54) is 0 Å². The lowest BCUT2D eigenvalue weighted by Crippen LogP contribution is -2.72. The Hall–Kier alpha value is -1.08. The lowest BCUT2D eigenvalue weighted by molar-refractivity contribution is -0.302. The summed E-state index contributed by atoms with van der Waals surface area (Å²) in [7, 11) is 1.58. The highest BCUT2D eigenvalue weighted by Crippen LogP contribution is 2.76. The second-order valence-corrected chi connectivity index (χ2v) is 9.79.